The quantitative estimate of drug-likeness (QED) is 0.924. The third kappa shape index (κ3) is 3.54. The van der Waals surface area contributed by atoms with E-state index in [0.717, 1.165) is 39.1 Å². The normalized spacial score (nSPS) is 24.3. The summed E-state index contributed by atoms with van der Waals surface area (Å²) in [5, 5.41) is 3.91. The fraction of sp³-hybridized carbons (Fsp3) is 0.684. The molecule has 1 aromatic carbocycles. The molecule has 0 amide bonds. The molecule has 4 nitrogen and oxygen atoms in total. The van der Waals surface area contributed by atoms with Gasteiger partial charge in [-0.05, 0) is 51.4 Å². The van der Waals surface area contributed by atoms with Crippen molar-refractivity contribution in [2.45, 2.75) is 37.3 Å². The van der Waals surface area contributed by atoms with Gasteiger partial charge in [0.2, 0.25) is 0 Å². The van der Waals surface area contributed by atoms with Crippen LogP contribution in [0.5, 0.6) is 0 Å². The molecular weight excluding hydrogens is 286 g/mol. The molecule has 1 unspecified atom stereocenters. The number of rotatable bonds is 4. The average Bonchev–Trinajstić information content (AvgIpc) is 2.73. The SMILES string of the molecule is CN1CCCC(NCC2(N(C)C)CCOCC2)c2ccccc21. The summed E-state index contributed by atoms with van der Waals surface area (Å²) in [5.74, 6) is 0. The number of para-hydroxylation sites is 1. The Morgan fingerprint density at radius 2 is 2.00 bits per heavy atom. The number of nitrogens with zero attached hydrogens (tertiary/aromatic N) is 2. The van der Waals surface area contributed by atoms with Gasteiger partial charge >= 0.3 is 0 Å². The number of nitrogens with one attached hydrogen (secondary N) is 1. The molecule has 1 fully saturated rings. The predicted octanol–water partition coefficient (Wildman–Crippen LogP) is 2.66. The summed E-state index contributed by atoms with van der Waals surface area (Å²) in [6.45, 7) is 3.93. The van der Waals surface area contributed by atoms with Crippen LogP contribution in [0, 0.1) is 0 Å². The highest BCUT2D eigenvalue weighted by atomic mass is 16.5. The van der Waals surface area contributed by atoms with Crippen molar-refractivity contribution in [1.82, 2.24) is 10.2 Å². The predicted molar refractivity (Wildman–Crippen MR) is 96.2 cm³/mol. The van der Waals surface area contributed by atoms with Crippen LogP contribution in [0.3, 0.4) is 0 Å². The van der Waals surface area contributed by atoms with Gasteiger partial charge in [0.25, 0.3) is 0 Å². The minimum absolute atomic E-state index is 0.228. The molecule has 0 radical (unpaired) electrons. The van der Waals surface area contributed by atoms with E-state index in [1.165, 1.54) is 24.1 Å². The van der Waals surface area contributed by atoms with Crippen LogP contribution in [0.4, 0.5) is 5.69 Å². The zero-order valence-electron chi connectivity index (χ0n) is 14.8. The first-order chi connectivity index (χ1) is 11.1. The lowest BCUT2D eigenvalue weighted by Crippen LogP contribution is -2.55. The lowest BCUT2D eigenvalue weighted by Gasteiger charge is -2.44. The molecular formula is C19H31N3O. The van der Waals surface area contributed by atoms with Crippen molar-refractivity contribution in [1.29, 1.82) is 0 Å². The van der Waals surface area contributed by atoms with Gasteiger partial charge in [-0.3, -0.25) is 0 Å². The van der Waals surface area contributed by atoms with Gasteiger partial charge in [0.1, 0.15) is 0 Å². The lowest BCUT2D eigenvalue weighted by molar-refractivity contribution is -0.00840. The maximum Gasteiger partial charge on any atom is 0.0484 e. The molecule has 3 rings (SSSR count). The second kappa shape index (κ2) is 7.20. The molecule has 128 valence electrons. The zero-order valence-corrected chi connectivity index (χ0v) is 14.8. The summed E-state index contributed by atoms with van der Waals surface area (Å²) < 4.78 is 5.60. The zero-order chi connectivity index (χ0) is 16.3. The highest BCUT2D eigenvalue weighted by Crippen LogP contribution is 2.33. The maximum atomic E-state index is 5.60. The molecule has 23 heavy (non-hydrogen) atoms. The molecule has 2 aliphatic heterocycles. The molecule has 0 aromatic heterocycles. The number of fused-ring (bicyclic) bond motifs is 1. The number of ether oxygens (including phenoxy) is 1. The Kier molecular flexibility index (Phi) is 5.24. The summed E-state index contributed by atoms with van der Waals surface area (Å²) in [6.07, 6.45) is 4.67. The third-order valence-electron chi connectivity index (χ3n) is 5.76. The fourth-order valence-electron chi connectivity index (χ4n) is 4.00. The standard InChI is InChI=1S/C19H31N3O/c1-21(2)19(10-13-23-14-11-19)15-20-17-8-6-12-22(3)18-9-5-4-7-16(17)18/h4-5,7,9,17,20H,6,8,10-15H2,1-3H3. The van der Waals surface area contributed by atoms with Gasteiger partial charge in [-0.2, -0.15) is 0 Å². The van der Waals surface area contributed by atoms with Crippen LogP contribution in [-0.4, -0.2) is 57.9 Å². The van der Waals surface area contributed by atoms with E-state index in [2.05, 4.69) is 60.5 Å². The molecule has 0 spiro atoms. The van der Waals surface area contributed by atoms with Gasteiger partial charge in [-0.15, -0.1) is 0 Å². The fourth-order valence-corrected chi connectivity index (χ4v) is 4.00. The number of likely N-dealkylation sites (N-methyl/N-ethyl adjacent to an activating group) is 1. The monoisotopic (exact) mass is 317 g/mol. The Hall–Kier alpha value is -1.10. The van der Waals surface area contributed by atoms with E-state index in [1.807, 2.05) is 0 Å². The minimum Gasteiger partial charge on any atom is -0.381 e. The molecule has 0 bridgehead atoms. The van der Waals surface area contributed by atoms with E-state index in [1.54, 1.807) is 0 Å². The largest absolute Gasteiger partial charge is 0.381 e. The number of anilines is 1. The highest BCUT2D eigenvalue weighted by Gasteiger charge is 2.35. The van der Waals surface area contributed by atoms with Crippen molar-refractivity contribution in [3.63, 3.8) is 0 Å². The Morgan fingerprint density at radius 3 is 2.74 bits per heavy atom. The molecule has 0 aliphatic carbocycles. The third-order valence-corrected chi connectivity index (χ3v) is 5.76. The van der Waals surface area contributed by atoms with Crippen molar-refractivity contribution >= 4 is 5.69 Å². The Balaban J connectivity index is 1.75. The second-order valence-corrected chi connectivity index (χ2v) is 7.29. The Bertz CT molecular complexity index is 511. The smallest absolute Gasteiger partial charge is 0.0484 e. The first kappa shape index (κ1) is 16.7. The maximum absolute atomic E-state index is 5.60. The van der Waals surface area contributed by atoms with Crippen LogP contribution in [0.15, 0.2) is 24.3 Å². The first-order valence-corrected chi connectivity index (χ1v) is 8.91. The van der Waals surface area contributed by atoms with E-state index in [4.69, 9.17) is 4.74 Å². The van der Waals surface area contributed by atoms with Crippen molar-refractivity contribution in [3.8, 4) is 0 Å². The molecule has 1 N–H and O–H groups in total. The van der Waals surface area contributed by atoms with E-state index in [-0.39, 0.29) is 5.54 Å². The average molecular weight is 317 g/mol. The van der Waals surface area contributed by atoms with Crippen LogP contribution < -0.4 is 10.2 Å². The molecule has 4 heteroatoms. The summed E-state index contributed by atoms with van der Waals surface area (Å²) in [7, 11) is 6.63. The van der Waals surface area contributed by atoms with Gasteiger partial charge in [0.15, 0.2) is 0 Å². The number of benzene rings is 1. The van der Waals surface area contributed by atoms with Crippen LogP contribution in [0.2, 0.25) is 0 Å². The summed E-state index contributed by atoms with van der Waals surface area (Å²) in [5.41, 5.74) is 3.06. The molecule has 1 aromatic rings. The van der Waals surface area contributed by atoms with E-state index >= 15 is 0 Å². The van der Waals surface area contributed by atoms with Crippen LogP contribution in [-0.2, 0) is 4.74 Å². The summed E-state index contributed by atoms with van der Waals surface area (Å²) >= 11 is 0. The Morgan fingerprint density at radius 1 is 1.26 bits per heavy atom. The lowest BCUT2D eigenvalue weighted by atomic mass is 9.87. The molecule has 1 saturated heterocycles. The van der Waals surface area contributed by atoms with Crippen LogP contribution >= 0.6 is 0 Å². The van der Waals surface area contributed by atoms with Crippen molar-refractivity contribution in [2.75, 3.05) is 52.3 Å². The van der Waals surface area contributed by atoms with E-state index in [9.17, 15) is 0 Å². The topological polar surface area (TPSA) is 27.7 Å². The highest BCUT2D eigenvalue weighted by molar-refractivity contribution is 5.55. The van der Waals surface area contributed by atoms with Gasteiger partial charge in [-0.1, -0.05) is 18.2 Å². The molecule has 2 heterocycles. The van der Waals surface area contributed by atoms with Crippen LogP contribution in [0.25, 0.3) is 0 Å². The van der Waals surface area contributed by atoms with Crippen molar-refractivity contribution in [3.05, 3.63) is 29.8 Å². The van der Waals surface area contributed by atoms with Gasteiger partial charge in [0, 0.05) is 50.6 Å². The van der Waals surface area contributed by atoms with Gasteiger partial charge in [0.05, 0.1) is 0 Å². The van der Waals surface area contributed by atoms with E-state index in [0.29, 0.717) is 6.04 Å². The minimum atomic E-state index is 0.228. The van der Waals surface area contributed by atoms with E-state index < -0.39 is 0 Å². The van der Waals surface area contributed by atoms with Crippen LogP contribution in [0.1, 0.15) is 37.3 Å². The summed E-state index contributed by atoms with van der Waals surface area (Å²) in [6, 6.07) is 9.32. The molecule has 0 saturated carbocycles. The van der Waals surface area contributed by atoms with Crippen molar-refractivity contribution in [2.24, 2.45) is 0 Å². The Labute approximate surface area is 140 Å². The van der Waals surface area contributed by atoms with Gasteiger partial charge < -0.3 is 19.9 Å². The van der Waals surface area contributed by atoms with Gasteiger partial charge in [-0.25, -0.2) is 0 Å². The number of hydrogen-bond donors (Lipinski definition) is 1. The van der Waals surface area contributed by atoms with Crippen molar-refractivity contribution < 1.29 is 4.74 Å². The molecule has 2 aliphatic rings. The second-order valence-electron chi connectivity index (χ2n) is 7.29. The first-order valence-electron chi connectivity index (χ1n) is 8.91. The molecule has 1 atom stereocenters. The number of hydrogen-bond acceptors (Lipinski definition) is 4. The summed E-state index contributed by atoms with van der Waals surface area (Å²) in [4.78, 5) is 4.80.